The van der Waals surface area contributed by atoms with Crippen LogP contribution in [0.3, 0.4) is 0 Å². The first-order chi connectivity index (χ1) is 12.2. The Kier molecular flexibility index (Phi) is 13.1. The molecule has 0 atom stereocenters. The molecule has 1 aromatic rings. The molecule has 1 rings (SSSR count). The molecule has 142 valence electrons. The van der Waals surface area contributed by atoms with Crippen molar-refractivity contribution in [1.82, 2.24) is 0 Å². The van der Waals surface area contributed by atoms with Gasteiger partial charge in [0.2, 0.25) is 0 Å². The van der Waals surface area contributed by atoms with Gasteiger partial charge in [0.15, 0.2) is 0 Å². The van der Waals surface area contributed by atoms with Gasteiger partial charge in [-0.25, -0.2) is 0 Å². The van der Waals surface area contributed by atoms with E-state index in [0.717, 1.165) is 6.61 Å². The fourth-order valence-corrected chi connectivity index (χ4v) is 23.8. The topological polar surface area (TPSA) is 9.23 Å². The molecule has 3 heteroatoms. The standard InChI is InChI=1S/C10H11OS.3C4H9.Sn/c1-11-8-5-9-12-10-6-3-2-4-7-10;3*1-3-4-2;/h2-7H,8H2,1H3;3*1,3-4H2,2H3;. The van der Waals surface area contributed by atoms with E-state index in [1.807, 2.05) is 7.11 Å². The Bertz CT molecular complexity index is 450. The van der Waals surface area contributed by atoms with E-state index in [1.54, 1.807) is 2.92 Å². The summed E-state index contributed by atoms with van der Waals surface area (Å²) in [5, 5.41) is 0. The molecule has 0 saturated heterocycles. The van der Waals surface area contributed by atoms with Crippen molar-refractivity contribution in [1.29, 1.82) is 0 Å². The van der Waals surface area contributed by atoms with Crippen LogP contribution in [0.2, 0.25) is 13.3 Å². The fraction of sp³-hybridized carbons (Fsp3) is 0.636. The second-order valence-corrected chi connectivity index (χ2v) is 22.3. The minimum absolute atomic E-state index is 0.762. The zero-order valence-corrected chi connectivity index (χ0v) is 20.5. The number of benzene rings is 1. The Morgan fingerprint density at radius 2 is 1.44 bits per heavy atom. The zero-order valence-electron chi connectivity index (χ0n) is 16.9. The molecule has 0 aliphatic rings. The molecule has 0 unspecified atom stereocenters. The number of hydrogen-bond donors (Lipinski definition) is 0. The van der Waals surface area contributed by atoms with Crippen LogP contribution in [0, 0.1) is 0 Å². The number of rotatable bonds is 14. The first-order valence-corrected chi connectivity index (χ1v) is 18.4. The van der Waals surface area contributed by atoms with E-state index in [1.165, 1.54) is 56.7 Å². The Labute approximate surface area is 164 Å². The first-order valence-electron chi connectivity index (χ1n) is 10.1. The third kappa shape index (κ3) is 8.53. The van der Waals surface area contributed by atoms with Crippen LogP contribution in [0.5, 0.6) is 0 Å². The zero-order chi connectivity index (χ0) is 18.4. The molecule has 0 spiro atoms. The average Bonchev–Trinajstić information content (AvgIpc) is 2.66. The Morgan fingerprint density at radius 3 is 1.88 bits per heavy atom. The van der Waals surface area contributed by atoms with Gasteiger partial charge in [0, 0.05) is 0 Å². The maximum absolute atomic E-state index is 5.46. The quantitative estimate of drug-likeness (QED) is 0.204. The number of thioether (sulfide) groups is 1. The van der Waals surface area contributed by atoms with E-state index in [9.17, 15) is 0 Å². The molecular weight excluding hydrogens is 431 g/mol. The Balaban J connectivity index is 3.17. The van der Waals surface area contributed by atoms with Crippen LogP contribution in [0.15, 0.2) is 44.2 Å². The normalized spacial score (nSPS) is 12.6. The minimum atomic E-state index is -2.38. The predicted octanol–water partition coefficient (Wildman–Crippen LogP) is 7.70. The molecule has 0 aliphatic carbocycles. The molecule has 0 aromatic heterocycles. The molecule has 1 nitrogen and oxygen atoms in total. The Hall–Kier alpha value is 0.0687. The van der Waals surface area contributed by atoms with Crippen molar-refractivity contribution in [3.63, 3.8) is 0 Å². The van der Waals surface area contributed by atoms with Crippen molar-refractivity contribution in [3.05, 3.63) is 39.3 Å². The van der Waals surface area contributed by atoms with Gasteiger partial charge in [-0.1, -0.05) is 0 Å². The fourth-order valence-electron chi connectivity index (χ4n) is 3.43. The van der Waals surface area contributed by atoms with Gasteiger partial charge in [-0.15, -0.1) is 0 Å². The van der Waals surface area contributed by atoms with Crippen molar-refractivity contribution >= 4 is 30.1 Å². The summed E-state index contributed by atoms with van der Waals surface area (Å²) in [5.41, 5.74) is 0. The van der Waals surface area contributed by atoms with Gasteiger partial charge >= 0.3 is 165 Å². The molecule has 0 fully saturated rings. The summed E-state index contributed by atoms with van der Waals surface area (Å²) in [6.45, 7) is 7.80. The molecule has 0 bridgehead atoms. The van der Waals surface area contributed by atoms with Crippen LogP contribution in [0.4, 0.5) is 0 Å². The monoisotopic (exact) mass is 470 g/mol. The van der Waals surface area contributed by atoms with E-state index in [2.05, 4.69) is 68.9 Å². The van der Waals surface area contributed by atoms with Crippen molar-refractivity contribution in [2.75, 3.05) is 13.7 Å². The van der Waals surface area contributed by atoms with Crippen LogP contribution < -0.4 is 0 Å². The average molecular weight is 469 g/mol. The van der Waals surface area contributed by atoms with E-state index < -0.39 is 18.4 Å². The third-order valence-electron chi connectivity index (χ3n) is 4.96. The second-order valence-electron chi connectivity index (χ2n) is 7.03. The van der Waals surface area contributed by atoms with Crippen LogP contribution >= 0.6 is 11.8 Å². The van der Waals surface area contributed by atoms with E-state index >= 15 is 0 Å². The molecule has 0 amide bonds. The predicted molar refractivity (Wildman–Crippen MR) is 117 cm³/mol. The molecule has 0 radical (unpaired) electrons. The van der Waals surface area contributed by atoms with Gasteiger partial charge in [0.1, 0.15) is 0 Å². The molecule has 1 aromatic carbocycles. The van der Waals surface area contributed by atoms with Gasteiger partial charge in [0.05, 0.1) is 0 Å². The molecule has 0 N–H and O–H groups in total. The van der Waals surface area contributed by atoms with Gasteiger partial charge in [-0.05, 0) is 0 Å². The summed E-state index contributed by atoms with van der Waals surface area (Å²) < 4.78 is 11.8. The maximum atomic E-state index is 5.46. The van der Waals surface area contributed by atoms with Gasteiger partial charge in [-0.2, -0.15) is 0 Å². The molecule has 25 heavy (non-hydrogen) atoms. The van der Waals surface area contributed by atoms with Gasteiger partial charge < -0.3 is 0 Å². The number of ether oxygens (including phenoxy) is 1. The van der Waals surface area contributed by atoms with Crippen molar-refractivity contribution < 1.29 is 4.74 Å². The molecular formula is C22H38OSSn. The number of hydrogen-bond acceptors (Lipinski definition) is 2. The SMILES string of the molecule is CCC[CH2][Sn]([CH2]CCC)([CH2]CCC)/[C](=C\COC)Sc1ccccc1. The van der Waals surface area contributed by atoms with Crippen molar-refractivity contribution in [2.24, 2.45) is 0 Å². The van der Waals surface area contributed by atoms with Crippen LogP contribution in [0.25, 0.3) is 0 Å². The van der Waals surface area contributed by atoms with Crippen LogP contribution in [-0.2, 0) is 4.74 Å². The summed E-state index contributed by atoms with van der Waals surface area (Å²) in [7, 11) is 1.82. The van der Waals surface area contributed by atoms with E-state index in [-0.39, 0.29) is 0 Å². The molecule has 0 heterocycles. The molecule has 0 saturated carbocycles. The van der Waals surface area contributed by atoms with Gasteiger partial charge in [0.25, 0.3) is 0 Å². The number of methoxy groups -OCH3 is 1. The number of unbranched alkanes of at least 4 members (excludes halogenated alkanes) is 3. The van der Waals surface area contributed by atoms with E-state index in [4.69, 9.17) is 4.74 Å². The first kappa shape index (κ1) is 23.1. The summed E-state index contributed by atoms with van der Waals surface area (Å²) in [6, 6.07) is 11.0. The van der Waals surface area contributed by atoms with E-state index in [0.29, 0.717) is 0 Å². The summed E-state index contributed by atoms with van der Waals surface area (Å²) in [4.78, 5) is 1.40. The van der Waals surface area contributed by atoms with Crippen LogP contribution in [0.1, 0.15) is 59.3 Å². The van der Waals surface area contributed by atoms with Crippen molar-refractivity contribution in [2.45, 2.75) is 77.5 Å². The van der Waals surface area contributed by atoms with Gasteiger partial charge in [-0.3, -0.25) is 0 Å². The van der Waals surface area contributed by atoms with Crippen molar-refractivity contribution in [3.8, 4) is 0 Å². The summed E-state index contributed by atoms with van der Waals surface area (Å²) >= 11 is -0.316. The summed E-state index contributed by atoms with van der Waals surface area (Å²) in [5.74, 6) is 0. The third-order valence-corrected chi connectivity index (χ3v) is 24.4. The second kappa shape index (κ2) is 14.2. The Morgan fingerprint density at radius 1 is 0.920 bits per heavy atom. The summed E-state index contributed by atoms with van der Waals surface area (Å²) in [6.07, 6.45) is 10.6. The molecule has 0 aliphatic heterocycles. The van der Waals surface area contributed by atoms with Crippen LogP contribution in [-0.4, -0.2) is 32.1 Å².